The summed E-state index contributed by atoms with van der Waals surface area (Å²) < 4.78 is 1.85. The third-order valence-corrected chi connectivity index (χ3v) is 2.70. The standard InChI is InChI=1S/C13H17N3/c1-10-4-3-5-11(6-10)7-12-8-13(9-14)16(2)15-12/h3-6,8H,7,9,14H2,1-2H3. The van der Waals surface area contributed by atoms with E-state index in [0.717, 1.165) is 17.8 Å². The molecule has 84 valence electrons. The molecule has 0 spiro atoms. The maximum absolute atomic E-state index is 5.62. The molecule has 0 amide bonds. The Bertz CT molecular complexity index is 486. The van der Waals surface area contributed by atoms with Gasteiger partial charge in [0.15, 0.2) is 0 Å². The zero-order chi connectivity index (χ0) is 11.5. The lowest BCUT2D eigenvalue weighted by Gasteiger charge is -1.99. The van der Waals surface area contributed by atoms with Crippen molar-refractivity contribution >= 4 is 0 Å². The van der Waals surface area contributed by atoms with Crippen molar-refractivity contribution in [2.75, 3.05) is 0 Å². The molecule has 2 rings (SSSR count). The molecule has 0 unspecified atom stereocenters. The second-order valence-corrected chi connectivity index (χ2v) is 4.12. The third kappa shape index (κ3) is 2.31. The molecule has 0 aliphatic rings. The van der Waals surface area contributed by atoms with Gasteiger partial charge in [-0.15, -0.1) is 0 Å². The molecule has 3 heteroatoms. The van der Waals surface area contributed by atoms with E-state index in [1.165, 1.54) is 11.1 Å². The van der Waals surface area contributed by atoms with Gasteiger partial charge in [-0.2, -0.15) is 5.10 Å². The molecule has 3 nitrogen and oxygen atoms in total. The third-order valence-electron chi connectivity index (χ3n) is 2.70. The number of aromatic nitrogens is 2. The fourth-order valence-electron chi connectivity index (χ4n) is 1.88. The van der Waals surface area contributed by atoms with Gasteiger partial charge in [0.25, 0.3) is 0 Å². The summed E-state index contributed by atoms with van der Waals surface area (Å²) >= 11 is 0. The highest BCUT2D eigenvalue weighted by molar-refractivity contribution is 5.26. The lowest BCUT2D eigenvalue weighted by molar-refractivity contribution is 0.701. The van der Waals surface area contributed by atoms with Crippen LogP contribution in [0.1, 0.15) is 22.5 Å². The summed E-state index contributed by atoms with van der Waals surface area (Å²) in [7, 11) is 1.93. The van der Waals surface area contributed by atoms with Gasteiger partial charge in [-0.1, -0.05) is 29.8 Å². The van der Waals surface area contributed by atoms with Crippen LogP contribution in [0.4, 0.5) is 0 Å². The van der Waals surface area contributed by atoms with Crippen molar-refractivity contribution in [1.82, 2.24) is 9.78 Å². The van der Waals surface area contributed by atoms with Crippen molar-refractivity contribution in [3.05, 3.63) is 52.8 Å². The molecule has 0 saturated heterocycles. The molecular weight excluding hydrogens is 198 g/mol. The van der Waals surface area contributed by atoms with Crippen molar-refractivity contribution in [2.45, 2.75) is 19.9 Å². The number of nitrogens with zero attached hydrogens (tertiary/aromatic N) is 2. The number of hydrogen-bond acceptors (Lipinski definition) is 2. The molecule has 0 aliphatic heterocycles. The first-order valence-corrected chi connectivity index (χ1v) is 5.46. The van der Waals surface area contributed by atoms with E-state index in [1.807, 2.05) is 11.7 Å². The van der Waals surface area contributed by atoms with E-state index >= 15 is 0 Å². The Balaban J connectivity index is 2.20. The summed E-state index contributed by atoms with van der Waals surface area (Å²) in [5, 5.41) is 4.44. The smallest absolute Gasteiger partial charge is 0.0671 e. The summed E-state index contributed by atoms with van der Waals surface area (Å²) in [5.74, 6) is 0. The average Bonchev–Trinajstić information content (AvgIpc) is 2.58. The van der Waals surface area contributed by atoms with Crippen LogP contribution in [-0.2, 0) is 20.0 Å². The molecule has 0 aliphatic carbocycles. The largest absolute Gasteiger partial charge is 0.325 e. The van der Waals surface area contributed by atoms with Crippen LogP contribution >= 0.6 is 0 Å². The number of hydrogen-bond donors (Lipinski definition) is 1. The maximum atomic E-state index is 5.62. The fraction of sp³-hybridized carbons (Fsp3) is 0.308. The van der Waals surface area contributed by atoms with Gasteiger partial charge in [0.2, 0.25) is 0 Å². The molecule has 0 fully saturated rings. The lowest BCUT2D eigenvalue weighted by atomic mass is 10.1. The van der Waals surface area contributed by atoms with Gasteiger partial charge >= 0.3 is 0 Å². The molecule has 0 saturated carbocycles. The predicted molar refractivity (Wildman–Crippen MR) is 65.1 cm³/mol. The Hall–Kier alpha value is -1.61. The molecule has 0 radical (unpaired) electrons. The Kier molecular flexibility index (Phi) is 3.06. The monoisotopic (exact) mass is 215 g/mol. The summed E-state index contributed by atoms with van der Waals surface area (Å²) in [5.41, 5.74) is 10.3. The summed E-state index contributed by atoms with van der Waals surface area (Å²) in [6.07, 6.45) is 0.871. The number of benzene rings is 1. The van der Waals surface area contributed by atoms with Crippen LogP contribution in [-0.4, -0.2) is 9.78 Å². The van der Waals surface area contributed by atoms with Crippen molar-refractivity contribution < 1.29 is 0 Å². The highest BCUT2D eigenvalue weighted by Gasteiger charge is 2.04. The van der Waals surface area contributed by atoms with Crippen molar-refractivity contribution in [1.29, 1.82) is 0 Å². The van der Waals surface area contributed by atoms with Crippen LogP contribution in [0.2, 0.25) is 0 Å². The highest BCUT2D eigenvalue weighted by Crippen LogP contribution is 2.11. The van der Waals surface area contributed by atoms with Crippen molar-refractivity contribution in [3.63, 3.8) is 0 Å². The van der Waals surface area contributed by atoms with E-state index in [2.05, 4.69) is 42.4 Å². The Morgan fingerprint density at radius 1 is 1.31 bits per heavy atom. The molecule has 16 heavy (non-hydrogen) atoms. The van der Waals surface area contributed by atoms with Gasteiger partial charge in [0.05, 0.1) is 11.4 Å². The molecule has 1 heterocycles. The molecule has 2 N–H and O–H groups in total. The molecular formula is C13H17N3. The van der Waals surface area contributed by atoms with Crippen LogP contribution in [0.15, 0.2) is 30.3 Å². The molecule has 2 aromatic rings. The van der Waals surface area contributed by atoms with Gasteiger partial charge in [0, 0.05) is 20.0 Å². The number of rotatable bonds is 3. The van der Waals surface area contributed by atoms with E-state index in [0.29, 0.717) is 6.54 Å². The Morgan fingerprint density at radius 3 is 2.75 bits per heavy atom. The van der Waals surface area contributed by atoms with Gasteiger partial charge < -0.3 is 5.73 Å². The number of aryl methyl sites for hydroxylation is 2. The predicted octanol–water partition coefficient (Wildman–Crippen LogP) is 1.78. The van der Waals surface area contributed by atoms with Gasteiger partial charge in [-0.05, 0) is 18.6 Å². The quantitative estimate of drug-likeness (QED) is 0.848. The first kappa shape index (κ1) is 10.9. The molecule has 1 aromatic heterocycles. The van der Waals surface area contributed by atoms with Crippen molar-refractivity contribution in [3.8, 4) is 0 Å². The summed E-state index contributed by atoms with van der Waals surface area (Å²) in [6.45, 7) is 2.64. The topological polar surface area (TPSA) is 43.8 Å². The van der Waals surface area contributed by atoms with Gasteiger partial charge in [0.1, 0.15) is 0 Å². The van der Waals surface area contributed by atoms with E-state index in [1.54, 1.807) is 0 Å². The fourth-order valence-corrected chi connectivity index (χ4v) is 1.88. The van der Waals surface area contributed by atoms with Gasteiger partial charge in [-0.3, -0.25) is 4.68 Å². The van der Waals surface area contributed by atoms with E-state index in [9.17, 15) is 0 Å². The highest BCUT2D eigenvalue weighted by atomic mass is 15.3. The van der Waals surface area contributed by atoms with Crippen molar-refractivity contribution in [2.24, 2.45) is 12.8 Å². The first-order valence-electron chi connectivity index (χ1n) is 5.46. The van der Waals surface area contributed by atoms with E-state index in [4.69, 9.17) is 5.73 Å². The number of nitrogens with two attached hydrogens (primary N) is 1. The lowest BCUT2D eigenvalue weighted by Crippen LogP contribution is -2.03. The maximum Gasteiger partial charge on any atom is 0.0671 e. The normalized spacial score (nSPS) is 10.7. The van der Waals surface area contributed by atoms with E-state index < -0.39 is 0 Å². The van der Waals surface area contributed by atoms with Crippen LogP contribution in [0.25, 0.3) is 0 Å². The molecule has 1 aromatic carbocycles. The van der Waals surface area contributed by atoms with Gasteiger partial charge in [-0.25, -0.2) is 0 Å². The average molecular weight is 215 g/mol. The zero-order valence-corrected chi connectivity index (χ0v) is 9.77. The summed E-state index contributed by atoms with van der Waals surface area (Å²) in [4.78, 5) is 0. The first-order chi connectivity index (χ1) is 7.69. The van der Waals surface area contributed by atoms with Crippen LogP contribution in [0, 0.1) is 6.92 Å². The minimum atomic E-state index is 0.539. The zero-order valence-electron chi connectivity index (χ0n) is 9.77. The Labute approximate surface area is 95.9 Å². The molecule has 0 atom stereocenters. The summed E-state index contributed by atoms with van der Waals surface area (Å²) in [6, 6.07) is 10.6. The molecule has 0 bridgehead atoms. The Morgan fingerprint density at radius 2 is 2.12 bits per heavy atom. The SMILES string of the molecule is Cc1cccc(Cc2cc(CN)n(C)n2)c1. The van der Waals surface area contributed by atoms with E-state index in [-0.39, 0.29) is 0 Å². The second-order valence-electron chi connectivity index (χ2n) is 4.12. The minimum absolute atomic E-state index is 0.539. The second kappa shape index (κ2) is 4.49. The minimum Gasteiger partial charge on any atom is -0.325 e. The van der Waals surface area contributed by atoms with Crippen LogP contribution < -0.4 is 5.73 Å². The van der Waals surface area contributed by atoms with Crippen LogP contribution in [0.3, 0.4) is 0 Å². The van der Waals surface area contributed by atoms with Crippen LogP contribution in [0.5, 0.6) is 0 Å².